The highest BCUT2D eigenvalue weighted by Crippen LogP contribution is 2.52. The molecule has 0 aliphatic carbocycles. The molecule has 0 spiro atoms. The topological polar surface area (TPSA) is 87.0 Å². The van der Waals surface area contributed by atoms with Crippen molar-refractivity contribution in [3.05, 3.63) is 87.5 Å². The number of anilines is 1. The van der Waals surface area contributed by atoms with Crippen LogP contribution < -0.4 is 15.4 Å². The Morgan fingerprint density at radius 3 is 2.59 bits per heavy atom. The first-order chi connectivity index (χ1) is 18.4. The van der Waals surface area contributed by atoms with Gasteiger partial charge in [-0.2, -0.15) is 5.26 Å². The van der Waals surface area contributed by atoms with Crippen LogP contribution in [0.3, 0.4) is 0 Å². The lowest BCUT2D eigenvalue weighted by Crippen LogP contribution is -2.45. The number of carbonyl (C=O) groups is 1. The molecule has 1 amide bonds. The number of pyridine rings is 1. The molecule has 4 rings (SSSR count). The molecular weight excluding hydrogens is 545 g/mol. The van der Waals surface area contributed by atoms with Crippen LogP contribution in [0.5, 0.6) is 5.88 Å². The van der Waals surface area contributed by atoms with Crippen LogP contribution in [-0.2, 0) is 10.2 Å². The zero-order chi connectivity index (χ0) is 28.5. The maximum Gasteiger partial charge on any atom is 0.242 e. The summed E-state index contributed by atoms with van der Waals surface area (Å²) >= 11 is 12.2. The van der Waals surface area contributed by atoms with Gasteiger partial charge in [-0.25, -0.2) is 13.8 Å². The fourth-order valence-electron chi connectivity index (χ4n) is 5.38. The molecule has 0 unspecified atom stereocenters. The Balaban J connectivity index is 1.95. The third-order valence-corrected chi connectivity index (χ3v) is 7.47. The lowest BCUT2D eigenvalue weighted by Gasteiger charge is -2.37. The minimum atomic E-state index is -1.70. The van der Waals surface area contributed by atoms with E-state index < -0.39 is 41.0 Å². The molecule has 0 radical (unpaired) electrons. The van der Waals surface area contributed by atoms with E-state index in [-0.39, 0.29) is 32.5 Å². The van der Waals surface area contributed by atoms with Crippen LogP contribution >= 0.6 is 23.2 Å². The number of carbonyl (C=O) groups excluding carboxylic acids is 1. The van der Waals surface area contributed by atoms with Gasteiger partial charge in [-0.15, -0.1) is 0 Å². The van der Waals surface area contributed by atoms with Gasteiger partial charge in [0.25, 0.3) is 0 Å². The van der Waals surface area contributed by atoms with Crippen molar-refractivity contribution in [3.63, 3.8) is 0 Å². The molecule has 2 heterocycles. The van der Waals surface area contributed by atoms with Crippen molar-refractivity contribution in [3.8, 4) is 11.9 Å². The van der Waals surface area contributed by atoms with Gasteiger partial charge in [-0.05, 0) is 41.7 Å². The van der Waals surface area contributed by atoms with Gasteiger partial charge in [0.1, 0.15) is 17.0 Å². The SMILES string of the molecule is COc1cc(NC(=O)[C@@H]2N[C@@H](CC(C)(C)C)[C@](C#N)(c3ccc(Cl)cc3F)[C@H]2c2cccc(Cl)c2F)ccn1. The van der Waals surface area contributed by atoms with E-state index in [1.54, 1.807) is 12.1 Å². The van der Waals surface area contributed by atoms with Gasteiger partial charge in [-0.1, -0.05) is 62.2 Å². The number of amides is 1. The van der Waals surface area contributed by atoms with Crippen LogP contribution in [0.1, 0.15) is 44.2 Å². The Bertz CT molecular complexity index is 1440. The summed E-state index contributed by atoms with van der Waals surface area (Å²) in [6.07, 6.45) is 1.84. The average molecular weight is 573 g/mol. The van der Waals surface area contributed by atoms with Crippen molar-refractivity contribution in [1.29, 1.82) is 5.26 Å². The van der Waals surface area contributed by atoms with Gasteiger partial charge in [0.15, 0.2) is 0 Å². The standard InChI is InChI=1S/C29H28Cl2F2N4O2/c1-28(2,3)14-22-29(15-34,19-9-8-16(30)12-21(19)32)24(18-6-5-7-20(31)25(18)33)26(37-22)27(38)36-17-10-11-35-23(13-17)39-4/h5-13,22,24,26,37H,14H2,1-4H3,(H,35,36,38)/t22-,24-,26+,29-/m0/s1. The van der Waals surface area contributed by atoms with Crippen LogP contribution in [0.25, 0.3) is 0 Å². The largest absolute Gasteiger partial charge is 0.481 e. The van der Waals surface area contributed by atoms with E-state index in [2.05, 4.69) is 21.7 Å². The predicted molar refractivity (Wildman–Crippen MR) is 147 cm³/mol. The quantitative estimate of drug-likeness (QED) is 0.346. The lowest BCUT2D eigenvalue weighted by atomic mass is 9.62. The van der Waals surface area contributed by atoms with E-state index in [0.29, 0.717) is 12.1 Å². The Morgan fingerprint density at radius 1 is 1.21 bits per heavy atom. The van der Waals surface area contributed by atoms with E-state index in [1.807, 2.05) is 20.8 Å². The first kappa shape index (κ1) is 28.8. The van der Waals surface area contributed by atoms with Crippen molar-refractivity contribution >= 4 is 34.8 Å². The Labute approximate surface area is 236 Å². The molecule has 2 N–H and O–H groups in total. The highest BCUT2D eigenvalue weighted by molar-refractivity contribution is 6.31. The number of benzene rings is 2. The number of nitriles is 1. The number of rotatable bonds is 6. The zero-order valence-corrected chi connectivity index (χ0v) is 23.4. The summed E-state index contributed by atoms with van der Waals surface area (Å²) in [7, 11) is 1.45. The fourth-order valence-corrected chi connectivity index (χ4v) is 5.72. The van der Waals surface area contributed by atoms with E-state index in [1.165, 1.54) is 43.6 Å². The minimum absolute atomic E-state index is 0.0152. The molecule has 1 aromatic heterocycles. The van der Waals surface area contributed by atoms with Gasteiger partial charge in [0.2, 0.25) is 11.8 Å². The van der Waals surface area contributed by atoms with Gasteiger partial charge < -0.3 is 15.4 Å². The third kappa shape index (κ3) is 5.58. The van der Waals surface area contributed by atoms with Crippen molar-refractivity contribution in [2.75, 3.05) is 12.4 Å². The predicted octanol–water partition coefficient (Wildman–Crippen LogP) is 6.64. The minimum Gasteiger partial charge on any atom is -0.481 e. The second-order valence-corrected chi connectivity index (χ2v) is 11.6. The lowest BCUT2D eigenvalue weighted by molar-refractivity contribution is -0.118. The highest BCUT2D eigenvalue weighted by atomic mass is 35.5. The fraction of sp³-hybridized carbons (Fsp3) is 0.345. The summed E-state index contributed by atoms with van der Waals surface area (Å²) in [6.45, 7) is 5.92. The first-order valence-electron chi connectivity index (χ1n) is 12.3. The second-order valence-electron chi connectivity index (χ2n) is 10.8. The number of nitrogens with zero attached hydrogens (tertiary/aromatic N) is 2. The van der Waals surface area contributed by atoms with Gasteiger partial charge in [0, 0.05) is 40.5 Å². The van der Waals surface area contributed by atoms with Crippen LogP contribution in [0.4, 0.5) is 14.5 Å². The van der Waals surface area contributed by atoms with Crippen LogP contribution in [0.2, 0.25) is 10.0 Å². The van der Waals surface area contributed by atoms with Gasteiger partial charge in [-0.3, -0.25) is 4.79 Å². The number of methoxy groups -OCH3 is 1. The molecule has 204 valence electrons. The second kappa shape index (κ2) is 11.1. The molecule has 10 heteroatoms. The van der Waals surface area contributed by atoms with Gasteiger partial charge >= 0.3 is 0 Å². The molecule has 1 aliphatic rings. The molecule has 2 aromatic carbocycles. The number of hydrogen-bond donors (Lipinski definition) is 2. The molecule has 0 saturated carbocycles. The third-order valence-electron chi connectivity index (χ3n) is 6.94. The summed E-state index contributed by atoms with van der Waals surface area (Å²) in [5, 5.41) is 16.9. The molecule has 6 nitrogen and oxygen atoms in total. The Hall–Kier alpha value is -3.25. The number of hydrogen-bond acceptors (Lipinski definition) is 5. The normalized spacial score (nSPS) is 22.8. The van der Waals surface area contributed by atoms with Crippen molar-refractivity contribution in [2.45, 2.75) is 50.6 Å². The van der Waals surface area contributed by atoms with E-state index in [4.69, 9.17) is 27.9 Å². The summed E-state index contributed by atoms with van der Waals surface area (Å²) in [6, 6.07) is 12.0. The van der Waals surface area contributed by atoms with Crippen LogP contribution in [-0.4, -0.2) is 30.1 Å². The maximum absolute atomic E-state index is 15.7. The highest BCUT2D eigenvalue weighted by Gasteiger charge is 2.61. The summed E-state index contributed by atoms with van der Waals surface area (Å²) in [5.41, 5.74) is -1.62. The molecular formula is C29H28Cl2F2N4O2. The molecule has 0 bridgehead atoms. The number of nitrogens with one attached hydrogen (secondary N) is 2. The van der Waals surface area contributed by atoms with Crippen molar-refractivity contribution in [1.82, 2.24) is 10.3 Å². The summed E-state index contributed by atoms with van der Waals surface area (Å²) in [4.78, 5) is 17.9. The molecule has 3 aromatic rings. The van der Waals surface area contributed by atoms with Crippen LogP contribution in [0, 0.1) is 28.4 Å². The number of aromatic nitrogens is 1. The Morgan fingerprint density at radius 2 is 1.95 bits per heavy atom. The van der Waals surface area contributed by atoms with E-state index in [9.17, 15) is 10.1 Å². The molecule has 1 saturated heterocycles. The first-order valence-corrected chi connectivity index (χ1v) is 13.0. The maximum atomic E-state index is 15.7. The van der Waals surface area contributed by atoms with Crippen LogP contribution in [0.15, 0.2) is 54.7 Å². The number of ether oxygens (including phenoxy) is 1. The summed E-state index contributed by atoms with van der Waals surface area (Å²) < 4.78 is 36.5. The Kier molecular flexibility index (Phi) is 8.17. The molecule has 39 heavy (non-hydrogen) atoms. The van der Waals surface area contributed by atoms with E-state index >= 15 is 8.78 Å². The molecule has 1 fully saturated rings. The smallest absolute Gasteiger partial charge is 0.242 e. The summed E-state index contributed by atoms with van der Waals surface area (Å²) in [5.74, 6) is -2.92. The monoisotopic (exact) mass is 572 g/mol. The zero-order valence-electron chi connectivity index (χ0n) is 21.9. The van der Waals surface area contributed by atoms with Gasteiger partial charge in [0.05, 0.1) is 24.2 Å². The average Bonchev–Trinajstić information content (AvgIpc) is 3.18. The van der Waals surface area contributed by atoms with Crippen molar-refractivity contribution in [2.24, 2.45) is 5.41 Å². The number of halogens is 4. The van der Waals surface area contributed by atoms with E-state index in [0.717, 1.165) is 6.07 Å². The van der Waals surface area contributed by atoms with Crippen molar-refractivity contribution < 1.29 is 18.3 Å². The molecule has 4 atom stereocenters. The molecule has 1 aliphatic heterocycles.